The van der Waals surface area contributed by atoms with Gasteiger partial charge in [0.2, 0.25) is 5.89 Å². The predicted molar refractivity (Wildman–Crippen MR) is 100 cm³/mol. The highest BCUT2D eigenvalue weighted by Gasteiger charge is 2.20. The fourth-order valence-electron chi connectivity index (χ4n) is 2.98. The van der Waals surface area contributed by atoms with Gasteiger partial charge in [-0.25, -0.2) is 9.97 Å². The third-order valence-corrected chi connectivity index (χ3v) is 4.35. The number of benzene rings is 1. The maximum absolute atomic E-state index is 12.7. The Morgan fingerprint density at radius 1 is 1.07 bits per heavy atom. The number of aromatic nitrogens is 2. The maximum atomic E-state index is 12.7. The largest absolute Gasteiger partial charge is 0.439 e. The van der Waals surface area contributed by atoms with Crippen LogP contribution in [0.2, 0.25) is 0 Å². The summed E-state index contributed by atoms with van der Waals surface area (Å²) in [5, 5.41) is 2.87. The Bertz CT molecular complexity index is 904. The summed E-state index contributed by atoms with van der Waals surface area (Å²) in [5.74, 6) is 1.61. The number of oxazole rings is 1. The fraction of sp³-hybridized carbons (Fsp3) is 0.250. The van der Waals surface area contributed by atoms with E-state index in [-0.39, 0.29) is 12.5 Å². The van der Waals surface area contributed by atoms with Gasteiger partial charge in [-0.15, -0.1) is 0 Å². The van der Waals surface area contributed by atoms with Crippen molar-refractivity contribution in [3.8, 4) is 11.3 Å². The minimum Gasteiger partial charge on any atom is -0.439 e. The van der Waals surface area contributed by atoms with Gasteiger partial charge in [-0.1, -0.05) is 30.3 Å². The molecule has 3 heterocycles. The van der Waals surface area contributed by atoms with Crippen molar-refractivity contribution in [3.05, 3.63) is 66.3 Å². The molecule has 1 aliphatic rings. The van der Waals surface area contributed by atoms with Crippen molar-refractivity contribution in [2.75, 3.05) is 31.2 Å². The summed E-state index contributed by atoms with van der Waals surface area (Å²) in [6.45, 7) is 2.92. The van der Waals surface area contributed by atoms with E-state index in [1.165, 1.54) is 0 Å². The number of hydrogen-bond acceptors (Lipinski definition) is 6. The molecule has 1 fully saturated rings. The summed E-state index contributed by atoms with van der Waals surface area (Å²) >= 11 is 0. The van der Waals surface area contributed by atoms with E-state index in [1.807, 2.05) is 30.3 Å². The van der Waals surface area contributed by atoms with Crippen molar-refractivity contribution in [1.82, 2.24) is 15.3 Å². The molecule has 0 saturated carbocycles. The summed E-state index contributed by atoms with van der Waals surface area (Å²) in [7, 11) is 0. The summed E-state index contributed by atoms with van der Waals surface area (Å²) in [6, 6.07) is 13.3. The standard InChI is InChI=1S/C20H20N4O3/c25-20(16-7-4-8-21-19(16)24-9-11-26-12-10-24)23-14-18-22-13-17(27-18)15-5-2-1-3-6-15/h1-8,13H,9-12,14H2,(H,23,25). The SMILES string of the molecule is O=C(NCc1ncc(-c2ccccc2)o1)c1cccnc1N1CCOCC1. The van der Waals surface area contributed by atoms with Crippen LogP contribution in [0, 0.1) is 0 Å². The molecule has 0 aliphatic carbocycles. The first-order valence-electron chi connectivity index (χ1n) is 8.87. The van der Waals surface area contributed by atoms with Crippen molar-refractivity contribution < 1.29 is 13.9 Å². The minimum atomic E-state index is -0.205. The number of morpholine rings is 1. The molecule has 1 N–H and O–H groups in total. The number of pyridine rings is 1. The molecule has 4 rings (SSSR count). The van der Waals surface area contributed by atoms with Crippen LogP contribution in [-0.2, 0) is 11.3 Å². The summed E-state index contributed by atoms with van der Waals surface area (Å²) < 4.78 is 11.1. The Morgan fingerprint density at radius 2 is 1.89 bits per heavy atom. The molecule has 1 saturated heterocycles. The lowest BCUT2D eigenvalue weighted by Crippen LogP contribution is -2.38. The van der Waals surface area contributed by atoms with Crippen LogP contribution < -0.4 is 10.2 Å². The number of amides is 1. The van der Waals surface area contributed by atoms with Crippen LogP contribution in [0.25, 0.3) is 11.3 Å². The Hall–Kier alpha value is -3.19. The summed E-state index contributed by atoms with van der Waals surface area (Å²) in [6.07, 6.45) is 3.36. The number of rotatable bonds is 5. The van der Waals surface area contributed by atoms with Crippen molar-refractivity contribution in [2.45, 2.75) is 6.54 Å². The summed E-state index contributed by atoms with van der Waals surface area (Å²) in [5.41, 5.74) is 1.48. The molecule has 0 atom stereocenters. The van der Waals surface area contributed by atoms with Gasteiger partial charge in [0.15, 0.2) is 5.76 Å². The second kappa shape index (κ2) is 8.01. The van der Waals surface area contributed by atoms with E-state index < -0.39 is 0 Å². The van der Waals surface area contributed by atoms with Crippen LogP contribution in [0.4, 0.5) is 5.82 Å². The van der Waals surface area contributed by atoms with Crippen molar-refractivity contribution in [2.24, 2.45) is 0 Å². The van der Waals surface area contributed by atoms with Crippen LogP contribution in [0.5, 0.6) is 0 Å². The molecule has 0 bridgehead atoms. The van der Waals surface area contributed by atoms with Crippen LogP contribution in [0.1, 0.15) is 16.2 Å². The first-order chi connectivity index (χ1) is 13.3. The maximum Gasteiger partial charge on any atom is 0.255 e. The normalized spacial score (nSPS) is 14.1. The van der Waals surface area contributed by atoms with E-state index in [0.717, 1.165) is 18.7 Å². The quantitative estimate of drug-likeness (QED) is 0.749. The zero-order valence-corrected chi connectivity index (χ0v) is 14.8. The smallest absolute Gasteiger partial charge is 0.255 e. The zero-order chi connectivity index (χ0) is 18.5. The average molecular weight is 364 g/mol. The number of ether oxygens (including phenoxy) is 1. The first kappa shape index (κ1) is 17.2. The van der Waals surface area contributed by atoms with E-state index in [2.05, 4.69) is 20.2 Å². The molecule has 1 aromatic carbocycles. The molecule has 0 unspecified atom stereocenters. The molecule has 7 nitrogen and oxygen atoms in total. The van der Waals surface area contributed by atoms with Gasteiger partial charge in [0.05, 0.1) is 31.5 Å². The van der Waals surface area contributed by atoms with Gasteiger partial charge in [0.25, 0.3) is 5.91 Å². The van der Waals surface area contributed by atoms with Crippen molar-refractivity contribution in [3.63, 3.8) is 0 Å². The summed E-state index contributed by atoms with van der Waals surface area (Å²) in [4.78, 5) is 23.4. The van der Waals surface area contributed by atoms with Crippen molar-refractivity contribution in [1.29, 1.82) is 0 Å². The lowest BCUT2D eigenvalue weighted by Gasteiger charge is -2.29. The Morgan fingerprint density at radius 3 is 2.70 bits per heavy atom. The first-order valence-corrected chi connectivity index (χ1v) is 8.87. The monoisotopic (exact) mass is 364 g/mol. The molecule has 0 spiro atoms. The van der Waals surface area contributed by atoms with Gasteiger partial charge < -0.3 is 19.4 Å². The van der Waals surface area contributed by atoms with E-state index in [1.54, 1.807) is 24.5 Å². The number of hydrogen-bond donors (Lipinski definition) is 1. The molecule has 27 heavy (non-hydrogen) atoms. The lowest BCUT2D eigenvalue weighted by molar-refractivity contribution is 0.0945. The molecule has 138 valence electrons. The fourth-order valence-corrected chi connectivity index (χ4v) is 2.98. The molecule has 2 aromatic heterocycles. The molecule has 1 amide bonds. The number of anilines is 1. The second-order valence-corrected chi connectivity index (χ2v) is 6.14. The Kier molecular flexibility index (Phi) is 5.11. The van der Waals surface area contributed by atoms with Crippen LogP contribution in [-0.4, -0.2) is 42.2 Å². The Balaban J connectivity index is 1.44. The van der Waals surface area contributed by atoms with Crippen LogP contribution in [0.3, 0.4) is 0 Å². The number of carbonyl (C=O) groups excluding carboxylic acids is 1. The predicted octanol–water partition coefficient (Wildman–Crippen LogP) is 2.50. The van der Waals surface area contributed by atoms with Crippen LogP contribution in [0.15, 0.2) is 59.3 Å². The third kappa shape index (κ3) is 3.98. The van der Waals surface area contributed by atoms with Gasteiger partial charge in [-0.3, -0.25) is 4.79 Å². The number of carbonyl (C=O) groups is 1. The minimum absolute atomic E-state index is 0.205. The molecule has 0 radical (unpaired) electrons. The Labute approximate surface area is 157 Å². The molecule has 1 aliphatic heterocycles. The van der Waals surface area contributed by atoms with E-state index in [4.69, 9.17) is 9.15 Å². The van der Waals surface area contributed by atoms with Gasteiger partial charge in [-0.2, -0.15) is 0 Å². The van der Waals surface area contributed by atoms with Gasteiger partial charge in [0.1, 0.15) is 5.82 Å². The molecular formula is C20H20N4O3. The number of nitrogens with zero attached hydrogens (tertiary/aromatic N) is 3. The molecule has 3 aromatic rings. The highest BCUT2D eigenvalue weighted by atomic mass is 16.5. The zero-order valence-electron chi connectivity index (χ0n) is 14.8. The van der Waals surface area contributed by atoms with Gasteiger partial charge in [-0.05, 0) is 12.1 Å². The van der Waals surface area contributed by atoms with Gasteiger partial charge >= 0.3 is 0 Å². The van der Waals surface area contributed by atoms with E-state index in [9.17, 15) is 4.79 Å². The second-order valence-electron chi connectivity index (χ2n) is 6.14. The van der Waals surface area contributed by atoms with E-state index >= 15 is 0 Å². The number of nitrogens with one attached hydrogen (secondary N) is 1. The third-order valence-electron chi connectivity index (χ3n) is 4.35. The highest BCUT2D eigenvalue weighted by molar-refractivity contribution is 5.98. The molecule has 7 heteroatoms. The topological polar surface area (TPSA) is 80.5 Å². The van der Waals surface area contributed by atoms with Gasteiger partial charge in [0, 0.05) is 24.8 Å². The highest BCUT2D eigenvalue weighted by Crippen LogP contribution is 2.21. The molecular weight excluding hydrogens is 344 g/mol. The average Bonchev–Trinajstić information content (AvgIpc) is 3.22. The van der Waals surface area contributed by atoms with Crippen LogP contribution >= 0.6 is 0 Å². The van der Waals surface area contributed by atoms with Crippen molar-refractivity contribution >= 4 is 11.7 Å². The van der Waals surface area contributed by atoms with E-state index in [0.29, 0.717) is 36.2 Å². The lowest BCUT2D eigenvalue weighted by atomic mass is 10.2.